The quantitative estimate of drug-likeness (QED) is 0.770. The van der Waals surface area contributed by atoms with Crippen LogP contribution < -0.4 is 10.6 Å². The Morgan fingerprint density at radius 3 is 3.00 bits per heavy atom. The highest BCUT2D eigenvalue weighted by molar-refractivity contribution is 6.35. The molecule has 0 saturated carbocycles. The molecule has 0 spiro atoms. The maximum atomic E-state index is 6.05. The van der Waals surface area contributed by atoms with Crippen LogP contribution in [0.15, 0.2) is 6.33 Å². The van der Waals surface area contributed by atoms with Crippen LogP contribution in [0.4, 0.5) is 11.6 Å². The SMILES string of the molecule is CC1CCCN1c1ncnc(N)c1Cl. The third-order valence-corrected chi connectivity index (χ3v) is 2.99. The zero-order chi connectivity index (χ0) is 10.1. The molecule has 0 amide bonds. The number of halogens is 1. The van der Waals surface area contributed by atoms with E-state index in [1.807, 2.05) is 0 Å². The summed E-state index contributed by atoms with van der Waals surface area (Å²) >= 11 is 6.05. The van der Waals surface area contributed by atoms with Gasteiger partial charge in [-0.1, -0.05) is 11.6 Å². The van der Waals surface area contributed by atoms with E-state index < -0.39 is 0 Å². The number of nitrogens with zero attached hydrogens (tertiary/aromatic N) is 3. The molecule has 2 rings (SSSR count). The van der Waals surface area contributed by atoms with Crippen molar-refractivity contribution in [1.82, 2.24) is 9.97 Å². The van der Waals surface area contributed by atoms with Gasteiger partial charge in [0.05, 0.1) is 0 Å². The van der Waals surface area contributed by atoms with Crippen molar-refractivity contribution < 1.29 is 0 Å². The normalized spacial score (nSPS) is 21.6. The fourth-order valence-electron chi connectivity index (χ4n) is 1.82. The lowest BCUT2D eigenvalue weighted by Gasteiger charge is -2.23. The van der Waals surface area contributed by atoms with Crippen molar-refractivity contribution >= 4 is 23.2 Å². The number of nitrogens with two attached hydrogens (primary N) is 1. The molecule has 0 aliphatic carbocycles. The van der Waals surface area contributed by atoms with Gasteiger partial charge < -0.3 is 10.6 Å². The minimum absolute atomic E-state index is 0.357. The highest BCUT2D eigenvalue weighted by Gasteiger charge is 2.24. The molecule has 5 heteroatoms. The first-order chi connectivity index (χ1) is 6.70. The number of hydrogen-bond acceptors (Lipinski definition) is 4. The predicted molar refractivity (Wildman–Crippen MR) is 57.5 cm³/mol. The Bertz CT molecular complexity index is 342. The van der Waals surface area contributed by atoms with E-state index in [4.69, 9.17) is 17.3 Å². The molecule has 0 radical (unpaired) electrons. The molecule has 1 aliphatic heterocycles. The van der Waals surface area contributed by atoms with E-state index in [-0.39, 0.29) is 0 Å². The van der Waals surface area contributed by atoms with Crippen molar-refractivity contribution in [2.45, 2.75) is 25.8 Å². The zero-order valence-electron chi connectivity index (χ0n) is 8.07. The van der Waals surface area contributed by atoms with Gasteiger partial charge >= 0.3 is 0 Å². The average molecular weight is 213 g/mol. The molecule has 14 heavy (non-hydrogen) atoms. The molecular weight excluding hydrogens is 200 g/mol. The monoisotopic (exact) mass is 212 g/mol. The molecule has 1 aromatic heterocycles. The van der Waals surface area contributed by atoms with E-state index in [1.54, 1.807) is 0 Å². The maximum Gasteiger partial charge on any atom is 0.153 e. The molecule has 2 N–H and O–H groups in total. The van der Waals surface area contributed by atoms with Gasteiger partial charge in [-0.05, 0) is 19.8 Å². The fraction of sp³-hybridized carbons (Fsp3) is 0.556. The Balaban J connectivity index is 2.36. The predicted octanol–water partition coefficient (Wildman–Crippen LogP) is 1.70. The summed E-state index contributed by atoms with van der Waals surface area (Å²) in [7, 11) is 0. The van der Waals surface area contributed by atoms with Crippen LogP contribution in [-0.2, 0) is 0 Å². The van der Waals surface area contributed by atoms with Gasteiger partial charge in [-0.25, -0.2) is 9.97 Å². The lowest BCUT2D eigenvalue weighted by molar-refractivity contribution is 0.726. The van der Waals surface area contributed by atoms with Crippen molar-refractivity contribution in [3.05, 3.63) is 11.3 Å². The number of anilines is 2. The van der Waals surface area contributed by atoms with Crippen LogP contribution in [0.25, 0.3) is 0 Å². The fourth-order valence-corrected chi connectivity index (χ4v) is 2.03. The minimum atomic E-state index is 0.357. The van der Waals surface area contributed by atoms with Crippen LogP contribution in [0.5, 0.6) is 0 Å². The highest BCUT2D eigenvalue weighted by Crippen LogP contribution is 2.31. The molecule has 4 nitrogen and oxygen atoms in total. The lowest BCUT2D eigenvalue weighted by atomic mass is 10.2. The maximum absolute atomic E-state index is 6.05. The molecule has 1 saturated heterocycles. The first kappa shape index (κ1) is 9.52. The topological polar surface area (TPSA) is 55.0 Å². The van der Waals surface area contributed by atoms with Crippen molar-refractivity contribution in [2.24, 2.45) is 0 Å². The van der Waals surface area contributed by atoms with Gasteiger partial charge in [0.2, 0.25) is 0 Å². The van der Waals surface area contributed by atoms with Crippen molar-refractivity contribution in [1.29, 1.82) is 0 Å². The van der Waals surface area contributed by atoms with E-state index in [0.717, 1.165) is 12.4 Å². The molecular formula is C9H13ClN4. The summed E-state index contributed by atoms with van der Waals surface area (Å²) in [5.74, 6) is 1.12. The second-order valence-electron chi connectivity index (χ2n) is 3.58. The number of hydrogen-bond donors (Lipinski definition) is 1. The van der Waals surface area contributed by atoms with E-state index in [0.29, 0.717) is 16.9 Å². The zero-order valence-corrected chi connectivity index (χ0v) is 8.83. The van der Waals surface area contributed by atoms with Crippen LogP contribution in [0.2, 0.25) is 5.02 Å². The van der Waals surface area contributed by atoms with Crippen LogP contribution in [0.1, 0.15) is 19.8 Å². The smallest absolute Gasteiger partial charge is 0.153 e. The number of rotatable bonds is 1. The van der Waals surface area contributed by atoms with Gasteiger partial charge in [-0.15, -0.1) is 0 Å². The molecule has 1 unspecified atom stereocenters. The summed E-state index contributed by atoms with van der Waals surface area (Å²) in [4.78, 5) is 10.2. The van der Waals surface area contributed by atoms with E-state index in [9.17, 15) is 0 Å². The number of aromatic nitrogens is 2. The Kier molecular flexibility index (Phi) is 2.46. The molecule has 1 aromatic rings. The molecule has 0 bridgehead atoms. The van der Waals surface area contributed by atoms with Gasteiger partial charge in [-0.3, -0.25) is 0 Å². The summed E-state index contributed by atoms with van der Waals surface area (Å²) in [6, 6.07) is 0.488. The molecule has 0 aromatic carbocycles. The summed E-state index contributed by atoms with van der Waals surface area (Å²) in [5.41, 5.74) is 5.62. The van der Waals surface area contributed by atoms with Gasteiger partial charge in [0, 0.05) is 12.6 Å². The van der Waals surface area contributed by atoms with E-state index >= 15 is 0 Å². The number of nitrogen functional groups attached to an aromatic ring is 1. The summed E-state index contributed by atoms with van der Waals surface area (Å²) in [6.45, 7) is 3.17. The van der Waals surface area contributed by atoms with Crippen molar-refractivity contribution in [3.8, 4) is 0 Å². The van der Waals surface area contributed by atoms with E-state index in [2.05, 4.69) is 21.8 Å². The molecule has 1 atom stereocenters. The Morgan fingerprint density at radius 2 is 2.36 bits per heavy atom. The summed E-state index contributed by atoms with van der Waals surface area (Å²) < 4.78 is 0. The molecule has 76 valence electrons. The third kappa shape index (κ3) is 1.50. The standard InChI is InChI=1S/C9H13ClN4/c1-6-3-2-4-14(6)9-7(10)8(11)12-5-13-9/h5-6H,2-4H2,1H3,(H2,11,12,13). The van der Waals surface area contributed by atoms with Crippen LogP contribution in [-0.4, -0.2) is 22.6 Å². The minimum Gasteiger partial charge on any atom is -0.382 e. The second kappa shape index (κ2) is 3.61. The second-order valence-corrected chi connectivity index (χ2v) is 3.96. The first-order valence-electron chi connectivity index (χ1n) is 4.72. The first-order valence-corrected chi connectivity index (χ1v) is 5.10. The molecule has 1 aliphatic rings. The van der Waals surface area contributed by atoms with E-state index in [1.165, 1.54) is 19.2 Å². The molecule has 1 fully saturated rings. The summed E-state index contributed by atoms with van der Waals surface area (Å²) in [6.07, 6.45) is 3.82. The lowest BCUT2D eigenvalue weighted by Crippen LogP contribution is -2.27. The van der Waals surface area contributed by atoms with Gasteiger partial charge in [-0.2, -0.15) is 0 Å². The van der Waals surface area contributed by atoms with Gasteiger partial charge in [0.15, 0.2) is 5.82 Å². The Hall–Kier alpha value is -1.03. The van der Waals surface area contributed by atoms with Crippen molar-refractivity contribution in [2.75, 3.05) is 17.2 Å². The van der Waals surface area contributed by atoms with Crippen LogP contribution in [0.3, 0.4) is 0 Å². The molecule has 2 heterocycles. The summed E-state index contributed by atoms with van der Waals surface area (Å²) in [5, 5.41) is 0.473. The van der Waals surface area contributed by atoms with Crippen molar-refractivity contribution in [3.63, 3.8) is 0 Å². The highest BCUT2D eigenvalue weighted by atomic mass is 35.5. The Labute approximate surface area is 88.1 Å². The Morgan fingerprint density at radius 1 is 1.57 bits per heavy atom. The third-order valence-electron chi connectivity index (χ3n) is 2.62. The van der Waals surface area contributed by atoms with Gasteiger partial charge in [0.25, 0.3) is 0 Å². The largest absolute Gasteiger partial charge is 0.382 e. The average Bonchev–Trinajstić information content (AvgIpc) is 2.57. The van der Waals surface area contributed by atoms with Crippen LogP contribution in [0, 0.1) is 0 Å². The van der Waals surface area contributed by atoms with Gasteiger partial charge in [0.1, 0.15) is 17.2 Å². The van der Waals surface area contributed by atoms with Crippen LogP contribution >= 0.6 is 11.6 Å².